The number of amides is 2. The molecule has 12 heteroatoms. The summed E-state index contributed by atoms with van der Waals surface area (Å²) >= 11 is 0. The van der Waals surface area contributed by atoms with Crippen LogP contribution in [0.25, 0.3) is 11.4 Å². The predicted octanol–water partition coefficient (Wildman–Crippen LogP) is 1.23. The maximum Gasteiger partial charge on any atom is 0.271 e. The highest BCUT2D eigenvalue weighted by Gasteiger charge is 2.30. The van der Waals surface area contributed by atoms with Crippen LogP contribution >= 0.6 is 0 Å². The molecule has 3 aromatic rings. The minimum absolute atomic E-state index is 0.0321. The Bertz CT molecular complexity index is 1350. The van der Waals surface area contributed by atoms with Crippen LogP contribution in [0.5, 0.6) is 0 Å². The first-order valence-electron chi connectivity index (χ1n) is 11.2. The van der Waals surface area contributed by atoms with Gasteiger partial charge in [0.2, 0.25) is 5.91 Å². The average Bonchev–Trinajstić information content (AvgIpc) is 3.77. The molecule has 5 rings (SSSR count). The number of nitrogens with one attached hydrogen (secondary N) is 2. The maximum absolute atomic E-state index is 12.1. The third-order valence-corrected chi connectivity index (χ3v) is 5.60. The number of nitrogens with zero attached hydrogens (tertiary/aromatic N) is 6. The zero-order valence-corrected chi connectivity index (χ0v) is 18.7. The van der Waals surface area contributed by atoms with Gasteiger partial charge in [-0.3, -0.25) is 9.59 Å². The van der Waals surface area contributed by atoms with Crippen LogP contribution < -0.4 is 16.4 Å². The lowest BCUT2D eigenvalue weighted by atomic mass is 10.1. The molecule has 0 unspecified atom stereocenters. The van der Waals surface area contributed by atoms with Gasteiger partial charge in [-0.25, -0.2) is 14.6 Å². The fourth-order valence-electron chi connectivity index (χ4n) is 3.39. The number of anilines is 3. The topological polar surface area (TPSA) is 174 Å². The summed E-state index contributed by atoms with van der Waals surface area (Å²) in [6, 6.07) is 3.14. The van der Waals surface area contributed by atoms with E-state index >= 15 is 0 Å². The number of primary amides is 1. The Balaban J connectivity index is 1.42. The molecular weight excluding hydrogens is 450 g/mol. The maximum atomic E-state index is 12.1. The van der Waals surface area contributed by atoms with Crippen molar-refractivity contribution in [3.8, 4) is 23.2 Å². The third kappa shape index (κ3) is 5.25. The third-order valence-electron chi connectivity index (χ3n) is 5.60. The van der Waals surface area contributed by atoms with Crippen LogP contribution in [-0.4, -0.2) is 46.9 Å². The lowest BCUT2D eigenvalue weighted by Gasteiger charge is -2.14. The van der Waals surface area contributed by atoms with E-state index in [0.717, 1.165) is 25.7 Å². The molecule has 178 valence electrons. The van der Waals surface area contributed by atoms with Crippen molar-refractivity contribution in [3.05, 3.63) is 35.9 Å². The second-order valence-electron chi connectivity index (χ2n) is 8.45. The van der Waals surface area contributed by atoms with Crippen LogP contribution in [-0.2, 0) is 17.9 Å². The standard InChI is InChI=1S/C23H23N9O3/c24-20(34)19-17(10-18(29-30-19)28-23(35)14-5-6-14)27-21-16(11-33)15(7-8-25-21)22-26-12-32(31-22)9-1-2-13-3-4-13/h7-8,10,12-14,33H,3-6,9,11H2,(H2,24,34)(H2,25,27,28,29,35). The van der Waals surface area contributed by atoms with E-state index in [2.05, 4.69) is 47.7 Å². The highest BCUT2D eigenvalue weighted by molar-refractivity contribution is 5.99. The molecule has 3 heterocycles. The molecule has 0 atom stereocenters. The molecule has 0 aliphatic heterocycles. The van der Waals surface area contributed by atoms with Gasteiger partial charge in [0.1, 0.15) is 18.7 Å². The largest absolute Gasteiger partial charge is 0.392 e. The Morgan fingerprint density at radius 2 is 2.03 bits per heavy atom. The van der Waals surface area contributed by atoms with E-state index in [0.29, 0.717) is 29.4 Å². The highest BCUT2D eigenvalue weighted by atomic mass is 16.3. The summed E-state index contributed by atoms with van der Waals surface area (Å²) in [7, 11) is 0. The molecule has 12 nitrogen and oxygen atoms in total. The van der Waals surface area contributed by atoms with E-state index < -0.39 is 5.91 Å². The van der Waals surface area contributed by atoms with E-state index in [1.54, 1.807) is 17.1 Å². The summed E-state index contributed by atoms with van der Waals surface area (Å²) in [6.45, 7) is 0.0470. The van der Waals surface area contributed by atoms with Crippen LogP contribution in [0.4, 0.5) is 17.3 Å². The van der Waals surface area contributed by atoms with Crippen molar-refractivity contribution in [2.45, 2.75) is 38.8 Å². The molecule has 2 amide bonds. The monoisotopic (exact) mass is 473 g/mol. The minimum atomic E-state index is -0.811. The van der Waals surface area contributed by atoms with E-state index in [-0.39, 0.29) is 41.4 Å². The molecule has 3 aromatic heterocycles. The van der Waals surface area contributed by atoms with Crippen molar-refractivity contribution in [1.82, 2.24) is 29.9 Å². The number of hydrogen-bond donors (Lipinski definition) is 4. The van der Waals surface area contributed by atoms with Gasteiger partial charge in [0, 0.05) is 35.2 Å². The number of aromatic nitrogens is 6. The van der Waals surface area contributed by atoms with Gasteiger partial charge in [0.15, 0.2) is 17.3 Å². The number of carbonyl (C=O) groups is 2. The molecule has 2 aliphatic carbocycles. The van der Waals surface area contributed by atoms with Crippen molar-refractivity contribution >= 4 is 29.1 Å². The molecule has 2 aliphatic rings. The molecular formula is C23H23N9O3. The highest BCUT2D eigenvalue weighted by Crippen LogP contribution is 2.31. The van der Waals surface area contributed by atoms with E-state index in [1.165, 1.54) is 12.3 Å². The molecule has 35 heavy (non-hydrogen) atoms. The van der Waals surface area contributed by atoms with Gasteiger partial charge in [-0.15, -0.1) is 10.2 Å². The van der Waals surface area contributed by atoms with Crippen LogP contribution in [0.15, 0.2) is 24.7 Å². The molecule has 2 fully saturated rings. The summed E-state index contributed by atoms with van der Waals surface area (Å²) in [4.78, 5) is 32.7. The first kappa shape index (κ1) is 22.4. The SMILES string of the molecule is NC(=O)c1nnc(NC(=O)C2CC2)cc1Nc1nccc(-c2ncn(CC#CC3CC3)n2)c1CO. The van der Waals surface area contributed by atoms with Gasteiger partial charge in [-0.05, 0) is 31.7 Å². The lowest BCUT2D eigenvalue weighted by molar-refractivity contribution is -0.117. The second kappa shape index (κ2) is 9.47. The lowest BCUT2D eigenvalue weighted by Crippen LogP contribution is -2.19. The summed E-state index contributed by atoms with van der Waals surface area (Å²) in [5.74, 6) is 6.60. The fraction of sp³-hybridized carbons (Fsp3) is 0.348. The van der Waals surface area contributed by atoms with Crippen molar-refractivity contribution in [3.63, 3.8) is 0 Å². The Morgan fingerprint density at radius 3 is 2.74 bits per heavy atom. The number of hydrogen-bond acceptors (Lipinski definition) is 9. The number of pyridine rings is 1. The normalized spacial score (nSPS) is 14.7. The summed E-state index contributed by atoms with van der Waals surface area (Å²) in [6.07, 6.45) is 7.08. The van der Waals surface area contributed by atoms with Crippen LogP contribution in [0, 0.1) is 23.7 Å². The van der Waals surface area contributed by atoms with Crippen LogP contribution in [0.2, 0.25) is 0 Å². The van der Waals surface area contributed by atoms with E-state index in [1.807, 2.05) is 0 Å². The Hall–Kier alpha value is -4.37. The van der Waals surface area contributed by atoms with Crippen molar-refractivity contribution in [1.29, 1.82) is 0 Å². The predicted molar refractivity (Wildman–Crippen MR) is 125 cm³/mol. The zero-order chi connectivity index (χ0) is 24.4. The van der Waals surface area contributed by atoms with Crippen molar-refractivity contribution in [2.75, 3.05) is 10.6 Å². The van der Waals surface area contributed by atoms with Gasteiger partial charge in [-0.1, -0.05) is 11.8 Å². The molecule has 5 N–H and O–H groups in total. The Morgan fingerprint density at radius 1 is 1.20 bits per heavy atom. The number of carbonyl (C=O) groups excluding carboxylic acids is 2. The van der Waals surface area contributed by atoms with Gasteiger partial charge in [0.05, 0.1) is 12.3 Å². The molecule has 2 saturated carbocycles. The van der Waals surface area contributed by atoms with Crippen LogP contribution in [0.1, 0.15) is 41.7 Å². The number of rotatable bonds is 8. The Labute approximate surface area is 200 Å². The number of nitrogens with two attached hydrogens (primary N) is 1. The molecule has 0 spiro atoms. The summed E-state index contributed by atoms with van der Waals surface area (Å²) in [5, 5.41) is 28.0. The molecule has 0 saturated heterocycles. The zero-order valence-electron chi connectivity index (χ0n) is 18.7. The van der Waals surface area contributed by atoms with Gasteiger partial charge < -0.3 is 21.5 Å². The van der Waals surface area contributed by atoms with Gasteiger partial charge in [0.25, 0.3) is 5.91 Å². The average molecular weight is 473 g/mol. The molecule has 0 bridgehead atoms. The number of aliphatic hydroxyl groups excluding tert-OH is 1. The summed E-state index contributed by atoms with van der Waals surface area (Å²) in [5.41, 5.74) is 6.48. The Kier molecular flexibility index (Phi) is 6.07. The van der Waals surface area contributed by atoms with Gasteiger partial charge in [-0.2, -0.15) is 5.10 Å². The van der Waals surface area contributed by atoms with Crippen molar-refractivity contribution in [2.24, 2.45) is 17.6 Å². The van der Waals surface area contributed by atoms with E-state index in [4.69, 9.17) is 5.73 Å². The summed E-state index contributed by atoms with van der Waals surface area (Å²) < 4.78 is 1.63. The smallest absolute Gasteiger partial charge is 0.271 e. The van der Waals surface area contributed by atoms with Gasteiger partial charge >= 0.3 is 0 Å². The fourth-order valence-corrected chi connectivity index (χ4v) is 3.39. The molecule has 0 aromatic carbocycles. The second-order valence-corrected chi connectivity index (χ2v) is 8.45. The van der Waals surface area contributed by atoms with Crippen LogP contribution in [0.3, 0.4) is 0 Å². The minimum Gasteiger partial charge on any atom is -0.392 e. The first-order valence-corrected chi connectivity index (χ1v) is 11.2. The number of aliphatic hydroxyl groups is 1. The first-order chi connectivity index (χ1) is 17.0. The van der Waals surface area contributed by atoms with Crippen molar-refractivity contribution < 1.29 is 14.7 Å². The molecule has 0 radical (unpaired) electrons. The quantitative estimate of drug-likeness (QED) is 0.351. The van der Waals surface area contributed by atoms with E-state index in [9.17, 15) is 14.7 Å².